The summed E-state index contributed by atoms with van der Waals surface area (Å²) >= 11 is 1.23. The van der Waals surface area contributed by atoms with E-state index in [2.05, 4.69) is 45.4 Å². The maximum Gasteiger partial charge on any atom is 0.323 e. The first-order valence-electron chi connectivity index (χ1n) is 7.96. The van der Waals surface area contributed by atoms with Crippen LogP contribution in [0.3, 0.4) is 0 Å². The molecular formula is C15H23N7OS. The summed E-state index contributed by atoms with van der Waals surface area (Å²) < 4.78 is 6.11. The summed E-state index contributed by atoms with van der Waals surface area (Å²) in [5.74, 6) is 0.754. The smallest absolute Gasteiger partial charge is 0.323 e. The van der Waals surface area contributed by atoms with Gasteiger partial charge in [0.15, 0.2) is 0 Å². The fourth-order valence-electron chi connectivity index (χ4n) is 2.49. The van der Waals surface area contributed by atoms with E-state index in [4.69, 9.17) is 0 Å². The lowest BCUT2D eigenvalue weighted by molar-refractivity contribution is 0.208. The summed E-state index contributed by atoms with van der Waals surface area (Å²) in [6, 6.07) is -0.113. The lowest BCUT2D eigenvalue weighted by Gasteiger charge is -2.35. The Morgan fingerprint density at radius 3 is 2.50 bits per heavy atom. The minimum Gasteiger partial charge on any atom is -0.365 e. The molecular weight excluding hydrogens is 326 g/mol. The van der Waals surface area contributed by atoms with Crippen LogP contribution in [0.4, 0.5) is 15.6 Å². The summed E-state index contributed by atoms with van der Waals surface area (Å²) in [6.45, 7) is 9.09. The maximum atomic E-state index is 12.4. The minimum atomic E-state index is -0.116. The predicted octanol–water partition coefficient (Wildman–Crippen LogP) is 1.92. The predicted molar refractivity (Wildman–Crippen MR) is 94.6 cm³/mol. The van der Waals surface area contributed by atoms with E-state index in [1.807, 2.05) is 24.3 Å². The molecule has 3 rings (SSSR count). The van der Waals surface area contributed by atoms with Gasteiger partial charge in [-0.05, 0) is 0 Å². The second-order valence-corrected chi connectivity index (χ2v) is 7.70. The largest absolute Gasteiger partial charge is 0.365 e. The van der Waals surface area contributed by atoms with Crippen LogP contribution in [0.2, 0.25) is 0 Å². The first-order chi connectivity index (χ1) is 11.3. The summed E-state index contributed by atoms with van der Waals surface area (Å²) in [4.78, 5) is 20.8. The molecule has 0 aliphatic carbocycles. The van der Waals surface area contributed by atoms with Gasteiger partial charge >= 0.3 is 6.03 Å². The first-order valence-corrected chi connectivity index (χ1v) is 8.74. The van der Waals surface area contributed by atoms with Crippen molar-refractivity contribution in [3.8, 4) is 0 Å². The summed E-state index contributed by atoms with van der Waals surface area (Å²) in [6.07, 6.45) is 3.84. The Morgan fingerprint density at radius 1 is 1.25 bits per heavy atom. The van der Waals surface area contributed by atoms with Gasteiger partial charge in [-0.2, -0.15) is 9.47 Å². The molecule has 2 aromatic heterocycles. The van der Waals surface area contributed by atoms with Crippen LogP contribution < -0.4 is 10.2 Å². The van der Waals surface area contributed by atoms with Gasteiger partial charge < -0.3 is 9.80 Å². The second-order valence-electron chi connectivity index (χ2n) is 6.95. The van der Waals surface area contributed by atoms with Crippen LogP contribution in [-0.4, -0.2) is 56.2 Å². The zero-order chi connectivity index (χ0) is 17.3. The molecule has 9 heteroatoms. The molecule has 1 N–H and O–H groups in total. The molecule has 3 heterocycles. The first kappa shape index (κ1) is 16.7. The van der Waals surface area contributed by atoms with E-state index in [1.54, 1.807) is 4.68 Å². The van der Waals surface area contributed by atoms with E-state index in [-0.39, 0.29) is 11.4 Å². The third kappa shape index (κ3) is 3.66. The molecule has 0 atom stereocenters. The van der Waals surface area contributed by atoms with Crippen molar-refractivity contribution in [2.24, 2.45) is 7.05 Å². The van der Waals surface area contributed by atoms with Gasteiger partial charge in [-0.25, -0.2) is 9.78 Å². The highest BCUT2D eigenvalue weighted by molar-refractivity contribution is 7.09. The number of piperazine rings is 1. The van der Waals surface area contributed by atoms with Gasteiger partial charge in [0.05, 0.1) is 11.9 Å². The van der Waals surface area contributed by atoms with Crippen molar-refractivity contribution in [1.29, 1.82) is 0 Å². The van der Waals surface area contributed by atoms with Crippen LogP contribution in [0, 0.1) is 0 Å². The van der Waals surface area contributed by atoms with Crippen LogP contribution in [0.1, 0.15) is 26.6 Å². The Labute approximate surface area is 145 Å². The number of carbonyl (C=O) groups excluding carboxylic acids is 1. The topological polar surface area (TPSA) is 79.2 Å². The highest BCUT2D eigenvalue weighted by Gasteiger charge is 2.24. The lowest BCUT2D eigenvalue weighted by Crippen LogP contribution is -2.50. The van der Waals surface area contributed by atoms with Crippen molar-refractivity contribution < 1.29 is 4.79 Å². The molecule has 0 aromatic carbocycles. The van der Waals surface area contributed by atoms with E-state index in [1.165, 1.54) is 11.5 Å². The van der Waals surface area contributed by atoms with Crippen LogP contribution >= 0.6 is 11.5 Å². The SMILES string of the molecule is Cn1cc(N2CCN(C(=O)Nc3nc(C(C)(C)C)ns3)CC2)cn1. The Hall–Kier alpha value is -2.16. The van der Waals surface area contributed by atoms with Gasteiger partial charge in [0.1, 0.15) is 5.82 Å². The molecule has 0 unspecified atom stereocenters. The molecule has 2 aromatic rings. The van der Waals surface area contributed by atoms with Crippen LogP contribution in [-0.2, 0) is 12.5 Å². The number of rotatable bonds is 2. The van der Waals surface area contributed by atoms with Gasteiger partial charge in [-0.1, -0.05) is 20.8 Å². The number of hydrogen-bond donors (Lipinski definition) is 1. The lowest BCUT2D eigenvalue weighted by atomic mass is 9.96. The van der Waals surface area contributed by atoms with E-state index in [9.17, 15) is 4.79 Å². The number of aryl methyl sites for hydroxylation is 1. The molecule has 0 spiro atoms. The van der Waals surface area contributed by atoms with Crippen molar-refractivity contribution >= 4 is 28.4 Å². The van der Waals surface area contributed by atoms with Gasteiger partial charge in [0.2, 0.25) is 5.13 Å². The van der Waals surface area contributed by atoms with Gasteiger partial charge in [-0.3, -0.25) is 10.00 Å². The van der Waals surface area contributed by atoms with Crippen molar-refractivity contribution in [1.82, 2.24) is 24.0 Å². The Morgan fingerprint density at radius 2 is 1.96 bits per heavy atom. The monoisotopic (exact) mass is 349 g/mol. The average Bonchev–Trinajstić information content (AvgIpc) is 3.16. The number of carbonyl (C=O) groups is 1. The second kappa shape index (κ2) is 6.39. The molecule has 1 aliphatic heterocycles. The van der Waals surface area contributed by atoms with Crippen molar-refractivity contribution in [2.45, 2.75) is 26.2 Å². The summed E-state index contributed by atoms with van der Waals surface area (Å²) in [5, 5.41) is 7.61. The normalized spacial score (nSPS) is 15.7. The maximum absolute atomic E-state index is 12.4. The molecule has 0 radical (unpaired) electrons. The molecule has 0 saturated carbocycles. The molecule has 1 fully saturated rings. The Kier molecular flexibility index (Phi) is 4.44. The molecule has 1 aliphatic rings. The van der Waals surface area contributed by atoms with Gasteiger partial charge in [0, 0.05) is 56.4 Å². The molecule has 8 nitrogen and oxygen atoms in total. The fourth-order valence-corrected chi connectivity index (χ4v) is 3.24. The van der Waals surface area contributed by atoms with E-state index < -0.39 is 0 Å². The van der Waals surface area contributed by atoms with Crippen molar-refractivity contribution in [2.75, 3.05) is 36.4 Å². The summed E-state index contributed by atoms with van der Waals surface area (Å²) in [7, 11) is 1.90. The van der Waals surface area contributed by atoms with Gasteiger partial charge in [0.25, 0.3) is 0 Å². The van der Waals surface area contributed by atoms with E-state index in [0.29, 0.717) is 18.2 Å². The average molecular weight is 349 g/mol. The quantitative estimate of drug-likeness (QED) is 0.896. The zero-order valence-electron chi connectivity index (χ0n) is 14.5. The number of urea groups is 1. The van der Waals surface area contributed by atoms with Crippen LogP contribution in [0.15, 0.2) is 12.4 Å². The molecule has 130 valence electrons. The minimum absolute atomic E-state index is 0.113. The standard InChI is InChI=1S/C15H23N7OS/c1-15(2,3)12-17-13(24-19-12)18-14(23)22-7-5-21(6-8-22)11-9-16-20(4)10-11/h9-10H,5-8H2,1-4H3,(H,17,18,19,23). The number of nitrogens with one attached hydrogen (secondary N) is 1. The third-order valence-corrected chi connectivity index (χ3v) is 4.56. The number of anilines is 2. The Balaban J connectivity index is 1.54. The van der Waals surface area contributed by atoms with Crippen LogP contribution in [0.25, 0.3) is 0 Å². The highest BCUT2D eigenvalue weighted by Crippen LogP contribution is 2.23. The number of aromatic nitrogens is 4. The number of nitrogens with zero attached hydrogens (tertiary/aromatic N) is 6. The van der Waals surface area contributed by atoms with Crippen LogP contribution in [0.5, 0.6) is 0 Å². The van der Waals surface area contributed by atoms with Crippen molar-refractivity contribution in [3.05, 3.63) is 18.2 Å². The molecule has 0 bridgehead atoms. The van der Waals surface area contributed by atoms with Crippen molar-refractivity contribution in [3.63, 3.8) is 0 Å². The molecule has 2 amide bonds. The van der Waals surface area contributed by atoms with E-state index >= 15 is 0 Å². The number of hydrogen-bond acceptors (Lipinski definition) is 6. The molecule has 24 heavy (non-hydrogen) atoms. The Bertz CT molecular complexity index is 709. The molecule has 1 saturated heterocycles. The number of amides is 2. The zero-order valence-corrected chi connectivity index (χ0v) is 15.3. The summed E-state index contributed by atoms with van der Waals surface area (Å²) in [5.41, 5.74) is 0.978. The van der Waals surface area contributed by atoms with Gasteiger partial charge in [-0.15, -0.1) is 0 Å². The highest BCUT2D eigenvalue weighted by atomic mass is 32.1. The fraction of sp³-hybridized carbons (Fsp3) is 0.600. The van der Waals surface area contributed by atoms with E-state index in [0.717, 1.165) is 24.6 Å². The third-order valence-electron chi connectivity index (χ3n) is 3.93.